The van der Waals surface area contributed by atoms with Crippen molar-refractivity contribution in [2.45, 2.75) is 50.3 Å². The number of ketones is 1. The molecule has 0 spiro atoms. The average Bonchev–Trinajstić information content (AvgIpc) is 3.02. The molecule has 1 aliphatic rings. The third kappa shape index (κ3) is 3.86. The second-order valence-electron chi connectivity index (χ2n) is 5.29. The molecule has 1 atom stereocenters. The Hall–Kier alpha value is -0.880. The maximum absolute atomic E-state index is 12.2. The average molecular weight is 327 g/mol. The van der Waals surface area contributed by atoms with Crippen LogP contribution in [0.5, 0.6) is 0 Å². The van der Waals surface area contributed by atoms with Gasteiger partial charge in [0.05, 0.1) is 6.61 Å². The van der Waals surface area contributed by atoms with E-state index in [2.05, 4.69) is 4.98 Å². The zero-order valence-electron chi connectivity index (χ0n) is 12.5. The van der Waals surface area contributed by atoms with Crippen LogP contribution >= 0.6 is 23.1 Å². The monoisotopic (exact) mass is 327 g/mol. The van der Waals surface area contributed by atoms with Crippen molar-refractivity contribution in [3.05, 3.63) is 11.1 Å². The molecule has 0 radical (unpaired) electrons. The van der Waals surface area contributed by atoms with Gasteiger partial charge in [0.2, 0.25) is 0 Å². The Labute approximate surface area is 133 Å². The topological polar surface area (TPSA) is 56.3 Å². The number of esters is 1. The first-order chi connectivity index (χ1) is 10.1. The van der Waals surface area contributed by atoms with Crippen molar-refractivity contribution in [1.29, 1.82) is 0 Å². The minimum atomic E-state index is -0.866. The smallest absolute Gasteiger partial charge is 0.319 e. The minimum Gasteiger partial charge on any atom is -0.465 e. The molecule has 0 aromatic carbocycles. The van der Waals surface area contributed by atoms with Crippen molar-refractivity contribution in [3.8, 4) is 0 Å². The highest BCUT2D eigenvalue weighted by Gasteiger charge is 2.49. The molecule has 0 saturated heterocycles. The Bertz CT molecular complexity index is 515. The molecule has 0 aliphatic heterocycles. The van der Waals surface area contributed by atoms with Gasteiger partial charge >= 0.3 is 5.97 Å². The maximum atomic E-state index is 12.2. The van der Waals surface area contributed by atoms with Crippen LogP contribution in [0.1, 0.15) is 44.7 Å². The number of aryl methyl sites for hydroxylation is 1. The van der Waals surface area contributed by atoms with Gasteiger partial charge in [-0.3, -0.25) is 9.59 Å². The Morgan fingerprint density at radius 2 is 2.38 bits per heavy atom. The van der Waals surface area contributed by atoms with Gasteiger partial charge in [0.25, 0.3) is 0 Å². The number of carbonyl (C=O) groups excluding carboxylic acids is 2. The van der Waals surface area contributed by atoms with Crippen LogP contribution in [0.3, 0.4) is 0 Å². The number of thiazole rings is 1. The number of Topliss-reactive ketones (excluding diaryl/α,β-unsaturated/α-hetero) is 1. The summed E-state index contributed by atoms with van der Waals surface area (Å²) in [5.41, 5.74) is 0.173. The lowest BCUT2D eigenvalue weighted by Crippen LogP contribution is -2.37. The summed E-state index contributed by atoms with van der Waals surface area (Å²) in [6, 6.07) is 0. The summed E-state index contributed by atoms with van der Waals surface area (Å²) >= 11 is 3.33. The van der Waals surface area contributed by atoms with Crippen LogP contribution in [-0.2, 0) is 14.3 Å². The van der Waals surface area contributed by atoms with E-state index in [1.165, 1.54) is 0 Å². The van der Waals surface area contributed by atoms with Gasteiger partial charge in [-0.15, -0.1) is 11.3 Å². The van der Waals surface area contributed by atoms with Crippen LogP contribution in [0.4, 0.5) is 0 Å². The number of thioether (sulfide) groups is 1. The molecule has 1 heterocycles. The Balaban J connectivity index is 1.88. The first kappa shape index (κ1) is 16.5. The zero-order chi connectivity index (χ0) is 15.3. The fourth-order valence-corrected chi connectivity index (χ4v) is 4.57. The fraction of sp³-hybridized carbons (Fsp3) is 0.667. The number of hydrogen-bond acceptors (Lipinski definition) is 6. The van der Waals surface area contributed by atoms with Gasteiger partial charge in [-0.25, -0.2) is 4.98 Å². The van der Waals surface area contributed by atoms with E-state index in [0.717, 1.165) is 28.6 Å². The van der Waals surface area contributed by atoms with E-state index in [0.29, 0.717) is 25.9 Å². The van der Waals surface area contributed by atoms with E-state index in [1.807, 2.05) is 12.3 Å². The fourth-order valence-electron chi connectivity index (χ4n) is 2.71. The van der Waals surface area contributed by atoms with Gasteiger partial charge in [0.1, 0.15) is 15.5 Å². The zero-order valence-corrected chi connectivity index (χ0v) is 14.1. The van der Waals surface area contributed by atoms with E-state index < -0.39 is 5.41 Å². The third-order valence-corrected chi connectivity index (χ3v) is 6.00. The van der Waals surface area contributed by atoms with Gasteiger partial charge < -0.3 is 4.74 Å². The predicted octanol–water partition coefficient (Wildman–Crippen LogP) is 3.63. The molecule has 1 unspecified atom stereocenters. The van der Waals surface area contributed by atoms with Gasteiger partial charge in [-0.05, 0) is 39.5 Å². The molecule has 1 aromatic heterocycles. The molecule has 2 rings (SSSR count). The quantitative estimate of drug-likeness (QED) is 0.331. The number of rotatable bonds is 7. The normalized spacial score (nSPS) is 21.7. The van der Waals surface area contributed by atoms with E-state index >= 15 is 0 Å². The molecule has 6 heteroatoms. The molecule has 0 amide bonds. The highest BCUT2D eigenvalue weighted by molar-refractivity contribution is 8.00. The molecule has 0 N–H and O–H groups in total. The Morgan fingerprint density at radius 3 is 2.95 bits per heavy atom. The largest absolute Gasteiger partial charge is 0.465 e. The van der Waals surface area contributed by atoms with Gasteiger partial charge in [0, 0.05) is 23.2 Å². The van der Waals surface area contributed by atoms with Crippen LogP contribution in [0, 0.1) is 12.3 Å². The summed E-state index contributed by atoms with van der Waals surface area (Å²) in [6.07, 6.45) is 3.38. The summed E-state index contributed by atoms with van der Waals surface area (Å²) in [5.74, 6) is 0.625. The molecule has 1 saturated carbocycles. The summed E-state index contributed by atoms with van der Waals surface area (Å²) in [4.78, 5) is 28.7. The van der Waals surface area contributed by atoms with Crippen LogP contribution in [-0.4, -0.2) is 29.1 Å². The molecule has 1 aromatic rings. The van der Waals surface area contributed by atoms with E-state index in [4.69, 9.17) is 4.74 Å². The lowest BCUT2D eigenvalue weighted by molar-refractivity contribution is -0.159. The van der Waals surface area contributed by atoms with E-state index in [-0.39, 0.29) is 11.8 Å². The third-order valence-electron chi connectivity index (χ3n) is 3.78. The first-order valence-corrected chi connectivity index (χ1v) is 9.20. The maximum Gasteiger partial charge on any atom is 0.319 e. The molecule has 0 bridgehead atoms. The molecule has 4 nitrogen and oxygen atoms in total. The van der Waals surface area contributed by atoms with Crippen molar-refractivity contribution in [2.24, 2.45) is 5.41 Å². The first-order valence-electron chi connectivity index (χ1n) is 7.34. The van der Waals surface area contributed by atoms with Crippen molar-refractivity contribution < 1.29 is 14.3 Å². The van der Waals surface area contributed by atoms with Gasteiger partial charge in [-0.1, -0.05) is 11.8 Å². The van der Waals surface area contributed by atoms with Crippen LogP contribution in [0.2, 0.25) is 0 Å². The molecule has 116 valence electrons. The van der Waals surface area contributed by atoms with Crippen LogP contribution in [0.25, 0.3) is 0 Å². The molecule has 21 heavy (non-hydrogen) atoms. The number of nitrogens with zero attached hydrogens (tertiary/aromatic N) is 1. The summed E-state index contributed by atoms with van der Waals surface area (Å²) in [6.45, 7) is 4.10. The summed E-state index contributed by atoms with van der Waals surface area (Å²) < 4.78 is 6.19. The SMILES string of the molecule is CCOC(=O)C1(CCCSc2nc(C)cs2)CCCC1=O. The van der Waals surface area contributed by atoms with Crippen LogP contribution < -0.4 is 0 Å². The number of ether oxygens (including phenoxy) is 1. The molecular weight excluding hydrogens is 306 g/mol. The highest BCUT2D eigenvalue weighted by Crippen LogP contribution is 2.41. The number of aromatic nitrogens is 1. The lowest BCUT2D eigenvalue weighted by atomic mass is 9.81. The molecule has 1 aliphatic carbocycles. The predicted molar refractivity (Wildman–Crippen MR) is 84.7 cm³/mol. The minimum absolute atomic E-state index is 0.0658. The van der Waals surface area contributed by atoms with E-state index in [1.54, 1.807) is 30.0 Å². The highest BCUT2D eigenvalue weighted by atomic mass is 32.2. The van der Waals surface area contributed by atoms with Crippen molar-refractivity contribution >= 4 is 34.9 Å². The Morgan fingerprint density at radius 1 is 1.57 bits per heavy atom. The Kier molecular flexibility index (Phi) is 5.81. The summed E-state index contributed by atoms with van der Waals surface area (Å²) in [5, 5.41) is 2.03. The van der Waals surface area contributed by atoms with Crippen molar-refractivity contribution in [3.63, 3.8) is 0 Å². The number of hydrogen-bond donors (Lipinski definition) is 0. The van der Waals surface area contributed by atoms with Gasteiger partial charge in [0.15, 0.2) is 0 Å². The number of carbonyl (C=O) groups is 2. The van der Waals surface area contributed by atoms with Gasteiger partial charge in [-0.2, -0.15) is 0 Å². The standard InChI is InChI=1S/C15H21NO3S2/c1-3-19-13(18)15(7-4-6-12(15)17)8-5-9-20-14-16-11(2)10-21-14/h10H,3-9H2,1-2H3. The molecular formula is C15H21NO3S2. The molecule has 1 fully saturated rings. The summed E-state index contributed by atoms with van der Waals surface area (Å²) in [7, 11) is 0. The second-order valence-corrected chi connectivity index (χ2v) is 7.49. The second kappa shape index (κ2) is 7.40. The van der Waals surface area contributed by atoms with E-state index in [9.17, 15) is 9.59 Å². The van der Waals surface area contributed by atoms with Crippen LogP contribution in [0.15, 0.2) is 9.72 Å². The lowest BCUT2D eigenvalue weighted by Gasteiger charge is -2.24. The van der Waals surface area contributed by atoms with Crippen molar-refractivity contribution in [2.75, 3.05) is 12.4 Å². The van der Waals surface area contributed by atoms with Crippen molar-refractivity contribution in [1.82, 2.24) is 4.98 Å².